The molecule has 0 radical (unpaired) electrons. The van der Waals surface area contributed by atoms with Gasteiger partial charge in [0.05, 0.1) is 11.9 Å². The van der Waals surface area contributed by atoms with E-state index < -0.39 is 0 Å². The second kappa shape index (κ2) is 5.73. The van der Waals surface area contributed by atoms with E-state index >= 15 is 0 Å². The van der Waals surface area contributed by atoms with Gasteiger partial charge in [-0.2, -0.15) is 5.10 Å². The summed E-state index contributed by atoms with van der Waals surface area (Å²) in [5.41, 5.74) is 15.0. The summed E-state index contributed by atoms with van der Waals surface area (Å²) in [6.45, 7) is 0. The van der Waals surface area contributed by atoms with Crippen molar-refractivity contribution in [2.45, 2.75) is 0 Å². The Morgan fingerprint density at radius 2 is 1.68 bits per heavy atom. The Kier molecular flexibility index (Phi) is 3.62. The fourth-order valence-electron chi connectivity index (χ4n) is 2.65. The molecule has 3 aromatic rings. The summed E-state index contributed by atoms with van der Waals surface area (Å²) in [4.78, 5) is 0. The van der Waals surface area contributed by atoms with Gasteiger partial charge in [-0.05, 0) is 11.6 Å². The van der Waals surface area contributed by atoms with Gasteiger partial charge in [0.1, 0.15) is 0 Å². The number of nitrogens with two attached hydrogens (primary N) is 2. The second-order valence-corrected chi connectivity index (χ2v) is 4.97. The molecule has 0 atom stereocenters. The number of rotatable bonds is 3. The molecule has 0 spiro atoms. The van der Waals surface area contributed by atoms with Crippen molar-refractivity contribution >= 4 is 23.1 Å². The number of guanidine groups is 1. The summed E-state index contributed by atoms with van der Waals surface area (Å²) in [7, 11) is 2.04. The van der Waals surface area contributed by atoms with E-state index in [0.717, 1.165) is 27.7 Å². The predicted molar refractivity (Wildman–Crippen MR) is 91.8 cm³/mol. The van der Waals surface area contributed by atoms with E-state index in [1.165, 1.54) is 0 Å². The molecular weight excluding hydrogens is 274 g/mol. The molecule has 0 aliphatic rings. The van der Waals surface area contributed by atoms with Crippen molar-refractivity contribution in [3.63, 3.8) is 0 Å². The van der Waals surface area contributed by atoms with Crippen LogP contribution in [-0.2, 0) is 7.05 Å². The van der Waals surface area contributed by atoms with Gasteiger partial charge in [-0.25, -0.2) is 0 Å². The van der Waals surface area contributed by atoms with Gasteiger partial charge in [0.15, 0.2) is 0 Å². The SMILES string of the molecule is Cn1c(-c2ccccc2)c(/C=N/N=C(N)N)c2ccccc21. The number of para-hydroxylation sites is 1. The third kappa shape index (κ3) is 2.44. The van der Waals surface area contributed by atoms with Gasteiger partial charge in [0.2, 0.25) is 5.96 Å². The molecule has 0 unspecified atom stereocenters. The van der Waals surface area contributed by atoms with Crippen LogP contribution in [0.4, 0.5) is 0 Å². The average Bonchev–Trinajstić information content (AvgIpc) is 2.81. The molecule has 110 valence electrons. The molecular formula is C17H17N5. The predicted octanol–water partition coefficient (Wildman–Crippen LogP) is 2.45. The number of hydrogen-bond acceptors (Lipinski definition) is 2. The molecule has 1 heterocycles. The Bertz CT molecular complexity index is 855. The first-order chi connectivity index (χ1) is 10.7. The highest BCUT2D eigenvalue weighted by Crippen LogP contribution is 2.31. The van der Waals surface area contributed by atoms with Gasteiger partial charge in [-0.3, -0.25) is 0 Å². The zero-order chi connectivity index (χ0) is 15.5. The van der Waals surface area contributed by atoms with Crippen molar-refractivity contribution in [2.75, 3.05) is 0 Å². The summed E-state index contributed by atoms with van der Waals surface area (Å²) in [5, 5.41) is 8.80. The van der Waals surface area contributed by atoms with Crippen molar-refractivity contribution < 1.29 is 0 Å². The normalized spacial score (nSPS) is 11.1. The van der Waals surface area contributed by atoms with E-state index in [-0.39, 0.29) is 5.96 Å². The van der Waals surface area contributed by atoms with Crippen LogP contribution in [0.3, 0.4) is 0 Å². The van der Waals surface area contributed by atoms with Crippen LogP contribution in [0.15, 0.2) is 64.8 Å². The van der Waals surface area contributed by atoms with E-state index in [1.807, 2.05) is 37.4 Å². The highest BCUT2D eigenvalue weighted by Gasteiger charge is 2.14. The van der Waals surface area contributed by atoms with Gasteiger partial charge >= 0.3 is 0 Å². The summed E-state index contributed by atoms with van der Waals surface area (Å²) in [6, 6.07) is 18.4. The first kappa shape index (κ1) is 13.9. The van der Waals surface area contributed by atoms with Gasteiger partial charge in [-0.1, -0.05) is 48.5 Å². The lowest BCUT2D eigenvalue weighted by molar-refractivity contribution is 0.977. The van der Waals surface area contributed by atoms with Crippen LogP contribution < -0.4 is 11.5 Å². The third-order valence-corrected chi connectivity index (χ3v) is 3.55. The molecule has 1 aromatic heterocycles. The van der Waals surface area contributed by atoms with Crippen LogP contribution in [0.1, 0.15) is 5.56 Å². The molecule has 0 saturated carbocycles. The highest BCUT2D eigenvalue weighted by molar-refractivity contribution is 6.06. The maximum Gasteiger partial charge on any atom is 0.211 e. The Morgan fingerprint density at radius 1 is 1.00 bits per heavy atom. The summed E-state index contributed by atoms with van der Waals surface area (Å²) in [5.74, 6) is -0.0576. The zero-order valence-electron chi connectivity index (χ0n) is 12.3. The fraction of sp³-hybridized carbons (Fsp3) is 0.0588. The number of fused-ring (bicyclic) bond motifs is 1. The van der Waals surface area contributed by atoms with Crippen molar-refractivity contribution in [3.05, 3.63) is 60.2 Å². The van der Waals surface area contributed by atoms with E-state index in [2.05, 4.69) is 39.0 Å². The number of aryl methyl sites for hydroxylation is 1. The van der Waals surface area contributed by atoms with E-state index in [9.17, 15) is 0 Å². The van der Waals surface area contributed by atoms with Crippen LogP contribution in [0.25, 0.3) is 22.2 Å². The Hall–Kier alpha value is -3.08. The van der Waals surface area contributed by atoms with Gasteiger partial charge < -0.3 is 16.0 Å². The third-order valence-electron chi connectivity index (χ3n) is 3.55. The standard InChI is InChI=1S/C17H17N5/c1-22-15-10-6-5-9-13(15)14(11-20-21-17(18)19)16(22)12-7-3-2-4-8-12/h2-11H,1H3,(H4,18,19,21)/b20-11+. The van der Waals surface area contributed by atoms with Gasteiger partial charge in [0, 0.05) is 23.5 Å². The summed E-state index contributed by atoms with van der Waals surface area (Å²) >= 11 is 0. The molecule has 0 saturated heterocycles. The smallest absolute Gasteiger partial charge is 0.211 e. The topological polar surface area (TPSA) is 81.7 Å². The molecule has 3 rings (SSSR count). The number of benzene rings is 2. The number of nitrogens with zero attached hydrogens (tertiary/aromatic N) is 3. The lowest BCUT2D eigenvalue weighted by Crippen LogP contribution is -2.21. The summed E-state index contributed by atoms with van der Waals surface area (Å²) < 4.78 is 2.15. The highest BCUT2D eigenvalue weighted by atomic mass is 15.3. The van der Waals surface area contributed by atoms with E-state index in [4.69, 9.17) is 11.5 Å². The maximum atomic E-state index is 5.33. The first-order valence-corrected chi connectivity index (χ1v) is 6.93. The first-order valence-electron chi connectivity index (χ1n) is 6.93. The summed E-state index contributed by atoms with van der Waals surface area (Å²) in [6.07, 6.45) is 1.70. The molecule has 0 aliphatic heterocycles. The molecule has 4 N–H and O–H groups in total. The number of hydrogen-bond donors (Lipinski definition) is 2. The molecule has 0 bridgehead atoms. The lowest BCUT2D eigenvalue weighted by atomic mass is 10.1. The fourth-order valence-corrected chi connectivity index (χ4v) is 2.65. The molecule has 0 aliphatic carbocycles. The van der Waals surface area contributed by atoms with E-state index in [1.54, 1.807) is 6.21 Å². The van der Waals surface area contributed by atoms with Crippen molar-refractivity contribution in [2.24, 2.45) is 28.7 Å². The van der Waals surface area contributed by atoms with Crippen LogP contribution in [0, 0.1) is 0 Å². The van der Waals surface area contributed by atoms with Crippen LogP contribution in [-0.4, -0.2) is 16.7 Å². The van der Waals surface area contributed by atoms with Gasteiger partial charge in [-0.15, -0.1) is 5.10 Å². The average molecular weight is 291 g/mol. The Labute approximate surface area is 128 Å². The minimum atomic E-state index is -0.0576. The van der Waals surface area contributed by atoms with Crippen molar-refractivity contribution in [3.8, 4) is 11.3 Å². The maximum absolute atomic E-state index is 5.33. The van der Waals surface area contributed by atoms with Crippen LogP contribution >= 0.6 is 0 Å². The molecule has 0 fully saturated rings. The molecule has 2 aromatic carbocycles. The van der Waals surface area contributed by atoms with Crippen LogP contribution in [0.2, 0.25) is 0 Å². The monoisotopic (exact) mass is 291 g/mol. The quantitative estimate of drug-likeness (QED) is 0.441. The van der Waals surface area contributed by atoms with Crippen molar-refractivity contribution in [1.29, 1.82) is 0 Å². The van der Waals surface area contributed by atoms with Crippen LogP contribution in [0.5, 0.6) is 0 Å². The minimum absolute atomic E-state index is 0.0576. The largest absolute Gasteiger partial charge is 0.369 e. The Balaban J connectivity index is 2.28. The zero-order valence-corrected chi connectivity index (χ0v) is 12.3. The molecule has 0 amide bonds. The van der Waals surface area contributed by atoms with E-state index in [0.29, 0.717) is 0 Å². The number of aromatic nitrogens is 1. The Morgan fingerprint density at radius 3 is 2.41 bits per heavy atom. The van der Waals surface area contributed by atoms with Crippen molar-refractivity contribution in [1.82, 2.24) is 4.57 Å². The van der Waals surface area contributed by atoms with Gasteiger partial charge in [0.25, 0.3) is 0 Å². The lowest BCUT2D eigenvalue weighted by Gasteiger charge is -2.05. The molecule has 22 heavy (non-hydrogen) atoms. The minimum Gasteiger partial charge on any atom is -0.369 e. The molecule has 5 nitrogen and oxygen atoms in total. The molecule has 5 heteroatoms. The second-order valence-electron chi connectivity index (χ2n) is 4.97.